The second kappa shape index (κ2) is 7.00. The van der Waals surface area contributed by atoms with Gasteiger partial charge in [-0.1, -0.05) is 32.9 Å². The number of carbonyl (C=O) groups excluding carboxylic acids is 1. The number of nitrogens with zero attached hydrogens (tertiary/aromatic N) is 3. The molecule has 0 aliphatic carbocycles. The number of carbonyl (C=O) groups is 1. The van der Waals surface area contributed by atoms with Gasteiger partial charge in [-0.2, -0.15) is 5.10 Å². The van der Waals surface area contributed by atoms with Crippen molar-refractivity contribution in [3.63, 3.8) is 0 Å². The van der Waals surface area contributed by atoms with E-state index in [0.29, 0.717) is 11.5 Å². The lowest BCUT2D eigenvalue weighted by Gasteiger charge is -2.29. The minimum absolute atomic E-state index is 0.125. The molecule has 0 aliphatic heterocycles. The molecule has 0 unspecified atom stereocenters. The molecule has 1 heterocycles. The molecule has 0 fully saturated rings. The third-order valence-corrected chi connectivity index (χ3v) is 3.79. The van der Waals surface area contributed by atoms with E-state index in [-0.39, 0.29) is 24.1 Å². The van der Waals surface area contributed by atoms with Crippen molar-refractivity contribution in [2.75, 3.05) is 11.9 Å². The van der Waals surface area contributed by atoms with E-state index in [4.69, 9.17) is 0 Å². The number of nitrogens with one attached hydrogen (secondary N) is 2. The molecule has 0 bridgehead atoms. The average Bonchev–Trinajstić information content (AvgIpc) is 2.82. The maximum absolute atomic E-state index is 12.3. The molecule has 1 atom stereocenters. The highest BCUT2D eigenvalue weighted by Gasteiger charge is 2.25. The number of aromatic nitrogens is 3. The number of para-hydroxylation sites is 2. The number of hydrogen-bond donors (Lipinski definition) is 3. The largest absolute Gasteiger partial charge is 0.394 e. The first-order chi connectivity index (χ1) is 11.2. The Bertz CT molecular complexity index is 718. The van der Waals surface area contributed by atoms with Crippen molar-refractivity contribution in [1.82, 2.24) is 20.1 Å². The summed E-state index contributed by atoms with van der Waals surface area (Å²) in [6, 6.07) is 6.66. The maximum atomic E-state index is 12.3. The van der Waals surface area contributed by atoms with Crippen LogP contribution in [-0.2, 0) is 0 Å². The van der Waals surface area contributed by atoms with Gasteiger partial charge in [0.2, 0.25) is 0 Å². The molecule has 1 aromatic heterocycles. The van der Waals surface area contributed by atoms with E-state index < -0.39 is 0 Å². The Kier molecular flexibility index (Phi) is 5.23. The van der Waals surface area contributed by atoms with Gasteiger partial charge in [0.25, 0.3) is 0 Å². The van der Waals surface area contributed by atoms with Gasteiger partial charge in [0.15, 0.2) is 0 Å². The van der Waals surface area contributed by atoms with Crippen LogP contribution in [0.5, 0.6) is 0 Å². The molecule has 0 radical (unpaired) electrons. The number of aryl methyl sites for hydroxylation is 2. The summed E-state index contributed by atoms with van der Waals surface area (Å²) in [7, 11) is 0. The highest BCUT2D eigenvalue weighted by molar-refractivity contribution is 5.91. The fraction of sp³-hybridized carbons (Fsp3) is 0.471. The van der Waals surface area contributed by atoms with Gasteiger partial charge in [-0.3, -0.25) is 0 Å². The molecule has 3 N–H and O–H groups in total. The average molecular weight is 331 g/mol. The van der Waals surface area contributed by atoms with Crippen molar-refractivity contribution in [2.24, 2.45) is 5.41 Å². The summed E-state index contributed by atoms with van der Waals surface area (Å²) in [5, 5.41) is 19.5. The molecule has 24 heavy (non-hydrogen) atoms. The molecule has 2 rings (SSSR count). The van der Waals surface area contributed by atoms with Crippen LogP contribution in [0.15, 0.2) is 24.3 Å². The van der Waals surface area contributed by atoms with Crippen molar-refractivity contribution in [1.29, 1.82) is 0 Å². The van der Waals surface area contributed by atoms with Crippen LogP contribution in [0.2, 0.25) is 0 Å². The molecule has 1 aromatic carbocycles. The molecule has 0 spiro atoms. The van der Waals surface area contributed by atoms with Crippen molar-refractivity contribution in [3.05, 3.63) is 35.9 Å². The molecule has 7 nitrogen and oxygen atoms in total. The minimum Gasteiger partial charge on any atom is -0.394 e. The van der Waals surface area contributed by atoms with Gasteiger partial charge >= 0.3 is 6.03 Å². The van der Waals surface area contributed by atoms with Gasteiger partial charge < -0.3 is 15.7 Å². The summed E-state index contributed by atoms with van der Waals surface area (Å²) in [5.41, 5.74) is 1.11. The smallest absolute Gasteiger partial charge is 0.319 e. The Morgan fingerprint density at radius 2 is 1.96 bits per heavy atom. The fourth-order valence-corrected chi connectivity index (χ4v) is 2.37. The lowest BCUT2D eigenvalue weighted by Crippen LogP contribution is -2.47. The topological polar surface area (TPSA) is 92.1 Å². The van der Waals surface area contributed by atoms with Gasteiger partial charge in [-0.05, 0) is 31.4 Å². The lowest BCUT2D eigenvalue weighted by atomic mass is 9.87. The molecule has 2 aromatic rings. The molecular formula is C17H25N5O2. The van der Waals surface area contributed by atoms with Crippen LogP contribution in [0, 0.1) is 19.3 Å². The SMILES string of the molecule is Cc1nc(C)n(-c2ccccc2NC(=O)N[C@H](CO)C(C)(C)C)n1. The minimum atomic E-state index is -0.370. The third kappa shape index (κ3) is 4.11. The van der Waals surface area contributed by atoms with Crippen LogP contribution < -0.4 is 10.6 Å². The predicted octanol–water partition coefficient (Wildman–Crippen LogP) is 2.41. The molecule has 0 aliphatic rings. The number of aliphatic hydroxyl groups is 1. The van der Waals surface area contributed by atoms with E-state index in [1.807, 2.05) is 52.8 Å². The van der Waals surface area contributed by atoms with Crippen LogP contribution in [0.4, 0.5) is 10.5 Å². The molecule has 0 saturated carbocycles. The first-order valence-corrected chi connectivity index (χ1v) is 7.90. The van der Waals surface area contributed by atoms with Crippen LogP contribution in [0.25, 0.3) is 5.69 Å². The Hall–Kier alpha value is -2.41. The first kappa shape index (κ1) is 17.9. The summed E-state index contributed by atoms with van der Waals surface area (Å²) in [6.45, 7) is 9.44. The molecule has 130 valence electrons. The monoisotopic (exact) mass is 331 g/mol. The van der Waals surface area contributed by atoms with Gasteiger partial charge in [-0.25, -0.2) is 14.5 Å². The highest BCUT2D eigenvalue weighted by Crippen LogP contribution is 2.22. The second-order valence-corrected chi connectivity index (χ2v) is 6.83. The van der Waals surface area contributed by atoms with E-state index in [2.05, 4.69) is 20.7 Å². The second-order valence-electron chi connectivity index (χ2n) is 6.83. The number of aliphatic hydroxyl groups excluding tert-OH is 1. The van der Waals surface area contributed by atoms with Crippen LogP contribution >= 0.6 is 0 Å². The molecular weight excluding hydrogens is 306 g/mol. The van der Waals surface area contributed by atoms with Gasteiger partial charge in [-0.15, -0.1) is 0 Å². The molecule has 2 amide bonds. The summed E-state index contributed by atoms with van der Waals surface area (Å²) < 4.78 is 1.69. The van der Waals surface area contributed by atoms with Crippen molar-refractivity contribution in [3.8, 4) is 5.69 Å². The zero-order valence-electron chi connectivity index (χ0n) is 14.8. The summed E-state index contributed by atoms with van der Waals surface area (Å²) in [4.78, 5) is 16.6. The van der Waals surface area contributed by atoms with Crippen LogP contribution in [-0.4, -0.2) is 38.6 Å². The summed E-state index contributed by atoms with van der Waals surface area (Å²) >= 11 is 0. The number of amides is 2. The predicted molar refractivity (Wildman–Crippen MR) is 93.3 cm³/mol. The van der Waals surface area contributed by atoms with E-state index in [0.717, 1.165) is 11.5 Å². The fourth-order valence-electron chi connectivity index (χ4n) is 2.37. The molecule has 0 saturated heterocycles. The standard InChI is InChI=1S/C17H25N5O2/c1-11-18-12(2)22(21-11)14-9-7-6-8-13(14)19-16(24)20-15(10-23)17(3,4)5/h6-9,15,23H,10H2,1-5H3,(H2,19,20,24)/t15-/m1/s1. The first-order valence-electron chi connectivity index (χ1n) is 7.90. The van der Waals surface area contributed by atoms with Crippen molar-refractivity contribution >= 4 is 11.7 Å². The number of hydrogen-bond acceptors (Lipinski definition) is 4. The Balaban J connectivity index is 2.22. The summed E-state index contributed by atoms with van der Waals surface area (Å²) in [5.74, 6) is 1.41. The normalized spacial score (nSPS) is 12.8. The van der Waals surface area contributed by atoms with Crippen molar-refractivity contribution < 1.29 is 9.90 Å². The maximum Gasteiger partial charge on any atom is 0.319 e. The Labute approximate surface area is 142 Å². The van der Waals surface area contributed by atoms with E-state index in [9.17, 15) is 9.90 Å². The van der Waals surface area contributed by atoms with Gasteiger partial charge in [0.05, 0.1) is 24.0 Å². The molecule has 7 heteroatoms. The number of benzene rings is 1. The Morgan fingerprint density at radius 1 is 1.29 bits per heavy atom. The Morgan fingerprint density at radius 3 is 2.50 bits per heavy atom. The number of rotatable bonds is 4. The van der Waals surface area contributed by atoms with E-state index in [1.54, 1.807) is 10.7 Å². The zero-order valence-corrected chi connectivity index (χ0v) is 14.8. The third-order valence-electron chi connectivity index (χ3n) is 3.79. The van der Waals surface area contributed by atoms with Crippen LogP contribution in [0.1, 0.15) is 32.4 Å². The highest BCUT2D eigenvalue weighted by atomic mass is 16.3. The quantitative estimate of drug-likeness (QED) is 0.802. The van der Waals surface area contributed by atoms with E-state index >= 15 is 0 Å². The van der Waals surface area contributed by atoms with Gasteiger partial charge in [0.1, 0.15) is 11.6 Å². The number of urea groups is 1. The number of anilines is 1. The zero-order chi connectivity index (χ0) is 17.9. The van der Waals surface area contributed by atoms with Crippen LogP contribution in [0.3, 0.4) is 0 Å². The van der Waals surface area contributed by atoms with E-state index in [1.165, 1.54) is 0 Å². The van der Waals surface area contributed by atoms with Gasteiger partial charge in [0, 0.05) is 0 Å². The lowest BCUT2D eigenvalue weighted by molar-refractivity contribution is 0.162. The summed E-state index contributed by atoms with van der Waals surface area (Å²) in [6.07, 6.45) is 0. The van der Waals surface area contributed by atoms with Crippen molar-refractivity contribution in [2.45, 2.75) is 40.7 Å².